The van der Waals surface area contributed by atoms with Crippen molar-refractivity contribution < 1.29 is 9.59 Å². The van der Waals surface area contributed by atoms with Crippen molar-refractivity contribution in [2.75, 3.05) is 25.0 Å². The third-order valence-electron chi connectivity index (χ3n) is 4.90. The molecule has 1 aliphatic rings. The normalized spacial score (nSPS) is 16.3. The number of carbonyl (C=O) groups excluding carboxylic acids is 2. The van der Waals surface area contributed by atoms with Crippen LogP contribution in [0.1, 0.15) is 26.7 Å². The Bertz CT molecular complexity index is 747. The molecule has 25 heavy (non-hydrogen) atoms. The van der Waals surface area contributed by atoms with Crippen LogP contribution in [0.15, 0.2) is 30.5 Å². The molecule has 0 unspecified atom stereocenters. The predicted octanol–water partition coefficient (Wildman–Crippen LogP) is 2.34. The van der Waals surface area contributed by atoms with Gasteiger partial charge >= 0.3 is 11.8 Å². The second kappa shape index (κ2) is 7.70. The third kappa shape index (κ3) is 4.02. The first-order valence-corrected chi connectivity index (χ1v) is 8.95. The summed E-state index contributed by atoms with van der Waals surface area (Å²) in [5.74, 6) is -0.787. The van der Waals surface area contributed by atoms with Gasteiger partial charge in [0.1, 0.15) is 0 Å². The number of likely N-dealkylation sites (tertiary alicyclic amines) is 1. The van der Waals surface area contributed by atoms with E-state index in [1.807, 2.05) is 24.4 Å². The van der Waals surface area contributed by atoms with Gasteiger partial charge < -0.3 is 15.6 Å². The molecular formula is C19H26N4O2. The zero-order chi connectivity index (χ0) is 17.8. The third-order valence-corrected chi connectivity index (χ3v) is 4.90. The molecule has 6 heteroatoms. The van der Waals surface area contributed by atoms with E-state index in [0.29, 0.717) is 18.2 Å². The molecule has 6 nitrogen and oxygen atoms in total. The highest BCUT2D eigenvalue weighted by atomic mass is 16.2. The molecule has 1 fully saturated rings. The van der Waals surface area contributed by atoms with Crippen LogP contribution in [0.2, 0.25) is 0 Å². The van der Waals surface area contributed by atoms with Crippen LogP contribution in [-0.2, 0) is 9.59 Å². The summed E-state index contributed by atoms with van der Waals surface area (Å²) in [7, 11) is 0. The predicted molar refractivity (Wildman–Crippen MR) is 99.4 cm³/mol. The molecule has 2 heterocycles. The number of carbonyl (C=O) groups is 2. The highest BCUT2D eigenvalue weighted by molar-refractivity contribution is 6.40. The van der Waals surface area contributed by atoms with Gasteiger partial charge in [-0.1, -0.05) is 19.9 Å². The van der Waals surface area contributed by atoms with E-state index in [1.54, 1.807) is 6.07 Å². The van der Waals surface area contributed by atoms with Gasteiger partial charge in [-0.2, -0.15) is 0 Å². The van der Waals surface area contributed by atoms with E-state index in [1.165, 1.54) is 12.8 Å². The summed E-state index contributed by atoms with van der Waals surface area (Å²) in [6.07, 6.45) is 4.22. The fraction of sp³-hybridized carbons (Fsp3) is 0.474. The minimum atomic E-state index is -0.627. The number of aromatic amines is 1. The molecule has 3 rings (SSSR count). The number of benzene rings is 1. The second-order valence-corrected chi connectivity index (χ2v) is 6.96. The molecule has 0 radical (unpaired) electrons. The average molecular weight is 342 g/mol. The van der Waals surface area contributed by atoms with Crippen molar-refractivity contribution in [3.63, 3.8) is 0 Å². The monoisotopic (exact) mass is 342 g/mol. The van der Waals surface area contributed by atoms with Gasteiger partial charge in [-0.3, -0.25) is 14.5 Å². The fourth-order valence-corrected chi connectivity index (χ4v) is 3.51. The number of aromatic nitrogens is 1. The summed E-state index contributed by atoms with van der Waals surface area (Å²) in [5.41, 5.74) is 1.56. The molecule has 2 aromatic rings. The Morgan fingerprint density at radius 2 is 1.92 bits per heavy atom. The summed E-state index contributed by atoms with van der Waals surface area (Å²) in [6, 6.07) is 7.71. The van der Waals surface area contributed by atoms with Crippen LogP contribution in [0.5, 0.6) is 0 Å². The van der Waals surface area contributed by atoms with Crippen LogP contribution in [0.25, 0.3) is 10.9 Å². The number of amides is 2. The topological polar surface area (TPSA) is 77.2 Å². The lowest BCUT2D eigenvalue weighted by Crippen LogP contribution is -2.47. The standard InChI is InChI=1S/C19H26N4O2/c1-13(2)17(23-10-3-4-11-23)12-21-18(24)19(25)22-16-7-5-6-15-14(16)8-9-20-15/h5-9,13,17,20H,3-4,10-12H2,1-2H3,(H,21,24)(H,22,25)/t17-/m1/s1. The summed E-state index contributed by atoms with van der Waals surface area (Å²) in [6.45, 7) is 6.95. The van der Waals surface area contributed by atoms with E-state index in [9.17, 15) is 9.59 Å². The molecular weight excluding hydrogens is 316 g/mol. The first-order chi connectivity index (χ1) is 12.1. The number of nitrogens with one attached hydrogen (secondary N) is 3. The molecule has 1 atom stereocenters. The van der Waals surface area contributed by atoms with Crippen LogP contribution < -0.4 is 10.6 Å². The summed E-state index contributed by atoms with van der Waals surface area (Å²) in [4.78, 5) is 29.9. The average Bonchev–Trinajstić information content (AvgIpc) is 3.26. The number of nitrogens with zero attached hydrogens (tertiary/aromatic N) is 1. The molecule has 0 spiro atoms. The Labute approximate surface area is 148 Å². The maximum Gasteiger partial charge on any atom is 0.313 e. The first-order valence-electron chi connectivity index (χ1n) is 8.95. The van der Waals surface area contributed by atoms with E-state index < -0.39 is 11.8 Å². The minimum Gasteiger partial charge on any atom is -0.361 e. The number of fused-ring (bicyclic) bond motifs is 1. The second-order valence-electron chi connectivity index (χ2n) is 6.96. The Hall–Kier alpha value is -2.34. The Morgan fingerprint density at radius 1 is 1.16 bits per heavy atom. The lowest BCUT2D eigenvalue weighted by molar-refractivity contribution is -0.136. The summed E-state index contributed by atoms with van der Waals surface area (Å²) in [5, 5.41) is 6.40. The van der Waals surface area contributed by atoms with Crippen LogP contribution in [0, 0.1) is 5.92 Å². The fourth-order valence-electron chi connectivity index (χ4n) is 3.51. The Kier molecular flexibility index (Phi) is 5.38. The van der Waals surface area contributed by atoms with Gasteiger partial charge in [0, 0.05) is 29.7 Å². The molecule has 1 aromatic heterocycles. The maximum atomic E-state index is 12.2. The molecule has 1 aliphatic heterocycles. The molecule has 0 saturated carbocycles. The van der Waals surface area contributed by atoms with Crippen LogP contribution in [0.3, 0.4) is 0 Å². The SMILES string of the molecule is CC(C)[C@@H](CNC(=O)C(=O)Nc1cccc2[nH]ccc12)N1CCCC1. The van der Waals surface area contributed by atoms with Crippen molar-refractivity contribution in [3.8, 4) is 0 Å². The highest BCUT2D eigenvalue weighted by Gasteiger charge is 2.26. The molecule has 3 N–H and O–H groups in total. The molecule has 134 valence electrons. The molecule has 0 aliphatic carbocycles. The molecule has 2 amide bonds. The van der Waals surface area contributed by atoms with Crippen molar-refractivity contribution >= 4 is 28.4 Å². The lowest BCUT2D eigenvalue weighted by Gasteiger charge is -2.30. The maximum absolute atomic E-state index is 12.2. The van der Waals surface area contributed by atoms with Gasteiger partial charge in [0.05, 0.1) is 5.69 Å². The zero-order valence-corrected chi connectivity index (χ0v) is 14.8. The minimum absolute atomic E-state index is 0.271. The number of anilines is 1. The Morgan fingerprint density at radius 3 is 2.64 bits per heavy atom. The van der Waals surface area contributed by atoms with E-state index in [-0.39, 0.29) is 6.04 Å². The van der Waals surface area contributed by atoms with E-state index in [2.05, 4.69) is 34.4 Å². The largest absolute Gasteiger partial charge is 0.361 e. The highest BCUT2D eigenvalue weighted by Crippen LogP contribution is 2.22. The molecule has 0 bridgehead atoms. The molecule has 1 aromatic carbocycles. The van der Waals surface area contributed by atoms with Gasteiger partial charge in [-0.25, -0.2) is 0 Å². The number of hydrogen-bond acceptors (Lipinski definition) is 3. The van der Waals surface area contributed by atoms with Gasteiger partial charge in [0.2, 0.25) is 0 Å². The van der Waals surface area contributed by atoms with Gasteiger partial charge in [0.25, 0.3) is 0 Å². The van der Waals surface area contributed by atoms with Gasteiger partial charge in [0.15, 0.2) is 0 Å². The lowest BCUT2D eigenvalue weighted by atomic mass is 10.0. The van der Waals surface area contributed by atoms with Crippen LogP contribution >= 0.6 is 0 Å². The summed E-state index contributed by atoms with van der Waals surface area (Å²) < 4.78 is 0. The van der Waals surface area contributed by atoms with Crippen molar-refractivity contribution in [1.82, 2.24) is 15.2 Å². The molecule has 1 saturated heterocycles. The van der Waals surface area contributed by atoms with Gasteiger partial charge in [-0.15, -0.1) is 0 Å². The van der Waals surface area contributed by atoms with Crippen molar-refractivity contribution in [2.45, 2.75) is 32.7 Å². The van der Waals surface area contributed by atoms with Crippen molar-refractivity contribution in [1.29, 1.82) is 0 Å². The summed E-state index contributed by atoms with van der Waals surface area (Å²) >= 11 is 0. The zero-order valence-electron chi connectivity index (χ0n) is 14.8. The van der Waals surface area contributed by atoms with E-state index in [0.717, 1.165) is 24.0 Å². The number of rotatable bonds is 5. The van der Waals surface area contributed by atoms with E-state index >= 15 is 0 Å². The number of hydrogen-bond donors (Lipinski definition) is 3. The smallest absolute Gasteiger partial charge is 0.313 e. The van der Waals surface area contributed by atoms with Gasteiger partial charge in [-0.05, 0) is 50.0 Å². The number of H-pyrrole nitrogens is 1. The van der Waals surface area contributed by atoms with E-state index in [4.69, 9.17) is 0 Å². The Balaban J connectivity index is 1.58. The quantitative estimate of drug-likeness (QED) is 0.730. The van der Waals surface area contributed by atoms with Crippen LogP contribution in [0.4, 0.5) is 5.69 Å². The van der Waals surface area contributed by atoms with Crippen molar-refractivity contribution in [2.24, 2.45) is 5.92 Å². The van der Waals surface area contributed by atoms with Crippen LogP contribution in [-0.4, -0.2) is 47.4 Å². The van der Waals surface area contributed by atoms with Crippen molar-refractivity contribution in [3.05, 3.63) is 30.5 Å². The first kappa shape index (κ1) is 17.5.